The number of carbonyl (C=O) groups is 1. The Bertz CT molecular complexity index is 475. The van der Waals surface area contributed by atoms with Crippen molar-refractivity contribution in [1.82, 2.24) is 15.2 Å². The van der Waals surface area contributed by atoms with Crippen LogP contribution in [0.15, 0.2) is 12.1 Å². The molecule has 0 aromatic carbocycles. The van der Waals surface area contributed by atoms with Crippen molar-refractivity contribution in [3.63, 3.8) is 0 Å². The van der Waals surface area contributed by atoms with E-state index in [1.807, 2.05) is 25.9 Å². The van der Waals surface area contributed by atoms with Gasteiger partial charge in [-0.25, -0.2) is 4.98 Å². The Hall–Kier alpha value is -1.17. The molecule has 6 heteroatoms. The van der Waals surface area contributed by atoms with Gasteiger partial charge in [0.1, 0.15) is 5.15 Å². The highest BCUT2D eigenvalue weighted by atomic mass is 35.5. The Morgan fingerprint density at radius 2 is 2.15 bits per heavy atom. The van der Waals surface area contributed by atoms with E-state index >= 15 is 0 Å². The number of aliphatic hydroxyl groups is 1. The summed E-state index contributed by atoms with van der Waals surface area (Å²) in [5, 5.41) is 13.2. The fraction of sp³-hybridized carbons (Fsp3) is 0.571. The zero-order valence-corrected chi connectivity index (χ0v) is 13.2. The van der Waals surface area contributed by atoms with E-state index in [1.165, 1.54) is 6.07 Å². The van der Waals surface area contributed by atoms with E-state index < -0.39 is 5.60 Å². The zero-order valence-electron chi connectivity index (χ0n) is 12.4. The number of aryl methyl sites for hydroxylation is 1. The summed E-state index contributed by atoms with van der Waals surface area (Å²) in [6, 6.07) is 3.23. The number of halogens is 1. The van der Waals surface area contributed by atoms with Gasteiger partial charge < -0.3 is 15.3 Å². The number of nitrogens with zero attached hydrogens (tertiary/aromatic N) is 2. The second-order valence-electron chi connectivity index (χ2n) is 5.44. The van der Waals surface area contributed by atoms with Gasteiger partial charge in [-0.3, -0.25) is 4.79 Å². The molecular formula is C14H22ClN3O2. The summed E-state index contributed by atoms with van der Waals surface area (Å²) >= 11 is 5.88. The Morgan fingerprint density at radius 1 is 1.50 bits per heavy atom. The van der Waals surface area contributed by atoms with E-state index in [2.05, 4.69) is 10.3 Å². The van der Waals surface area contributed by atoms with Crippen LogP contribution in [0.4, 0.5) is 0 Å². The normalized spacial score (nSPS) is 14.2. The first-order chi connectivity index (χ1) is 9.23. The summed E-state index contributed by atoms with van der Waals surface area (Å²) in [5.41, 5.74) is 0.244. The molecule has 0 aliphatic heterocycles. The maximum Gasteiger partial charge on any atom is 0.251 e. The number of carbonyl (C=O) groups excluding carboxylic acids is 1. The number of rotatable bonds is 6. The van der Waals surface area contributed by atoms with Gasteiger partial charge in [-0.05, 0) is 39.6 Å². The number of likely N-dealkylation sites (N-methyl/N-ethyl adjacent to an activating group) is 1. The van der Waals surface area contributed by atoms with Gasteiger partial charge in [-0.1, -0.05) is 18.5 Å². The maximum absolute atomic E-state index is 12.1. The largest absolute Gasteiger partial charge is 0.387 e. The highest BCUT2D eigenvalue weighted by Crippen LogP contribution is 2.12. The summed E-state index contributed by atoms with van der Waals surface area (Å²) in [5.74, 6) is -0.261. The van der Waals surface area contributed by atoms with Gasteiger partial charge in [0, 0.05) is 24.3 Å². The van der Waals surface area contributed by atoms with E-state index in [4.69, 9.17) is 11.6 Å². The Kier molecular flexibility index (Phi) is 5.92. The summed E-state index contributed by atoms with van der Waals surface area (Å²) in [6.07, 6.45) is 0.708. The van der Waals surface area contributed by atoms with Crippen molar-refractivity contribution in [1.29, 1.82) is 0 Å². The van der Waals surface area contributed by atoms with Gasteiger partial charge in [0.25, 0.3) is 5.91 Å². The minimum absolute atomic E-state index is 0.172. The number of aromatic nitrogens is 1. The molecule has 0 radical (unpaired) electrons. The number of amides is 1. The summed E-state index contributed by atoms with van der Waals surface area (Å²) < 4.78 is 0. The van der Waals surface area contributed by atoms with Crippen LogP contribution in [0.1, 0.15) is 29.9 Å². The van der Waals surface area contributed by atoms with Crippen molar-refractivity contribution in [3.05, 3.63) is 28.5 Å². The summed E-state index contributed by atoms with van der Waals surface area (Å²) in [7, 11) is 3.74. The molecule has 1 amide bonds. The van der Waals surface area contributed by atoms with Crippen molar-refractivity contribution in [3.8, 4) is 0 Å². The molecule has 20 heavy (non-hydrogen) atoms. The molecule has 1 unspecified atom stereocenters. The predicted octanol–water partition coefficient (Wildman–Crippen LogP) is 1.34. The van der Waals surface area contributed by atoms with Crippen molar-refractivity contribution >= 4 is 17.5 Å². The lowest BCUT2D eigenvalue weighted by atomic mass is 10.1. The van der Waals surface area contributed by atoms with E-state index in [0.717, 1.165) is 5.69 Å². The van der Waals surface area contributed by atoms with Crippen LogP contribution in [0.5, 0.6) is 0 Å². The predicted molar refractivity (Wildman–Crippen MR) is 80.1 cm³/mol. The standard InChI is InChI=1S/C14H22ClN3O2/c1-5-11-6-10(7-12(15)17-11)13(19)16-8-14(2,20)9-18(3)4/h6-7,20H,5,8-9H2,1-4H3,(H,16,19). The van der Waals surface area contributed by atoms with Gasteiger partial charge in [-0.2, -0.15) is 0 Å². The van der Waals surface area contributed by atoms with Crippen LogP contribution in [0.25, 0.3) is 0 Å². The third-order valence-corrected chi connectivity index (χ3v) is 2.95. The third-order valence-electron chi connectivity index (χ3n) is 2.76. The van der Waals surface area contributed by atoms with Crippen molar-refractivity contribution in [2.24, 2.45) is 0 Å². The minimum atomic E-state index is -0.983. The Morgan fingerprint density at radius 3 is 2.70 bits per heavy atom. The molecule has 1 aromatic rings. The average Bonchev–Trinajstić information content (AvgIpc) is 2.33. The van der Waals surface area contributed by atoms with Gasteiger partial charge >= 0.3 is 0 Å². The molecule has 0 aliphatic rings. The van der Waals surface area contributed by atoms with Crippen LogP contribution in [0.3, 0.4) is 0 Å². The molecule has 0 saturated carbocycles. The fourth-order valence-electron chi connectivity index (χ4n) is 1.97. The molecule has 0 bridgehead atoms. The van der Waals surface area contributed by atoms with Crippen LogP contribution < -0.4 is 5.32 Å². The topological polar surface area (TPSA) is 65.5 Å². The maximum atomic E-state index is 12.1. The SMILES string of the molecule is CCc1cc(C(=O)NCC(C)(O)CN(C)C)cc(Cl)n1. The number of nitrogens with one attached hydrogen (secondary N) is 1. The van der Waals surface area contributed by atoms with E-state index in [-0.39, 0.29) is 12.5 Å². The molecule has 0 saturated heterocycles. The second-order valence-corrected chi connectivity index (χ2v) is 5.83. The molecule has 5 nitrogen and oxygen atoms in total. The molecule has 1 rings (SSSR count). The molecule has 0 fully saturated rings. The molecule has 1 heterocycles. The lowest BCUT2D eigenvalue weighted by Crippen LogP contribution is -2.47. The molecule has 112 valence electrons. The lowest BCUT2D eigenvalue weighted by molar-refractivity contribution is 0.0326. The Balaban J connectivity index is 2.70. The number of hydrogen-bond acceptors (Lipinski definition) is 4. The van der Waals surface area contributed by atoms with Crippen molar-refractivity contribution in [2.75, 3.05) is 27.2 Å². The van der Waals surface area contributed by atoms with E-state index in [9.17, 15) is 9.90 Å². The zero-order chi connectivity index (χ0) is 15.3. The highest BCUT2D eigenvalue weighted by Gasteiger charge is 2.22. The molecule has 1 aromatic heterocycles. The lowest BCUT2D eigenvalue weighted by Gasteiger charge is -2.27. The molecule has 1 atom stereocenters. The average molecular weight is 300 g/mol. The first-order valence-corrected chi connectivity index (χ1v) is 6.93. The van der Waals surface area contributed by atoms with Crippen LogP contribution in [-0.2, 0) is 6.42 Å². The first kappa shape index (κ1) is 16.9. The van der Waals surface area contributed by atoms with Gasteiger partial charge in [0.15, 0.2) is 0 Å². The summed E-state index contributed by atoms with van der Waals surface area (Å²) in [4.78, 5) is 18.1. The van der Waals surface area contributed by atoms with Crippen LogP contribution >= 0.6 is 11.6 Å². The van der Waals surface area contributed by atoms with Gasteiger partial charge in [0.05, 0.1) is 5.60 Å². The Labute approximate surface area is 125 Å². The molecule has 0 aliphatic carbocycles. The number of hydrogen-bond donors (Lipinski definition) is 2. The molecule has 0 spiro atoms. The van der Waals surface area contributed by atoms with Gasteiger partial charge in [-0.15, -0.1) is 0 Å². The summed E-state index contributed by atoms with van der Waals surface area (Å²) in [6.45, 7) is 4.27. The van der Waals surface area contributed by atoms with E-state index in [1.54, 1.807) is 13.0 Å². The van der Waals surface area contributed by atoms with Crippen LogP contribution in [0.2, 0.25) is 5.15 Å². The van der Waals surface area contributed by atoms with Crippen LogP contribution in [0, 0.1) is 0 Å². The van der Waals surface area contributed by atoms with E-state index in [0.29, 0.717) is 23.7 Å². The third kappa shape index (κ3) is 5.45. The van der Waals surface area contributed by atoms with Crippen LogP contribution in [-0.4, -0.2) is 53.7 Å². The quantitative estimate of drug-likeness (QED) is 0.778. The first-order valence-electron chi connectivity index (χ1n) is 6.55. The van der Waals surface area contributed by atoms with Crippen molar-refractivity contribution < 1.29 is 9.90 Å². The van der Waals surface area contributed by atoms with Gasteiger partial charge in [0.2, 0.25) is 0 Å². The smallest absolute Gasteiger partial charge is 0.251 e. The number of pyridine rings is 1. The second kappa shape index (κ2) is 7.02. The minimum Gasteiger partial charge on any atom is -0.387 e. The molecular weight excluding hydrogens is 278 g/mol. The monoisotopic (exact) mass is 299 g/mol. The fourth-order valence-corrected chi connectivity index (χ4v) is 2.20. The van der Waals surface area contributed by atoms with Crippen molar-refractivity contribution in [2.45, 2.75) is 25.9 Å². The molecule has 2 N–H and O–H groups in total. The highest BCUT2D eigenvalue weighted by molar-refractivity contribution is 6.29.